The Hall–Kier alpha value is -3.06. The molecular formula is C22H21FN2O3S. The van der Waals surface area contributed by atoms with E-state index >= 15 is 0 Å². The number of carbonyl (C=O) groups is 2. The number of ether oxygens (including phenoxy) is 1. The first-order chi connectivity index (χ1) is 13.7. The van der Waals surface area contributed by atoms with Gasteiger partial charge < -0.3 is 10.1 Å². The second-order valence-corrected chi connectivity index (χ2v) is 7.33. The molecule has 29 heavy (non-hydrogen) atoms. The van der Waals surface area contributed by atoms with Crippen molar-refractivity contribution in [2.75, 3.05) is 12.0 Å². The van der Waals surface area contributed by atoms with Gasteiger partial charge in [0, 0.05) is 11.4 Å². The van der Waals surface area contributed by atoms with Gasteiger partial charge in [0.2, 0.25) is 0 Å². The Morgan fingerprint density at radius 2 is 1.76 bits per heavy atom. The normalized spacial score (nSPS) is 16.5. The van der Waals surface area contributed by atoms with Crippen LogP contribution in [0.4, 0.5) is 10.1 Å². The van der Waals surface area contributed by atoms with Crippen molar-refractivity contribution in [2.45, 2.75) is 26.8 Å². The molecule has 0 bridgehead atoms. The lowest BCUT2D eigenvalue weighted by molar-refractivity contribution is -0.150. The molecule has 0 amide bonds. The zero-order valence-corrected chi connectivity index (χ0v) is 17.4. The third kappa shape index (κ3) is 4.05. The second-order valence-electron chi connectivity index (χ2n) is 6.94. The van der Waals surface area contributed by atoms with Crippen LogP contribution in [0.1, 0.15) is 29.7 Å². The number of aryl methyl sites for hydroxylation is 2. The van der Waals surface area contributed by atoms with E-state index in [1.807, 2.05) is 32.0 Å². The highest BCUT2D eigenvalue weighted by atomic mass is 32.1. The van der Waals surface area contributed by atoms with Crippen molar-refractivity contribution < 1.29 is 18.7 Å². The molecule has 1 aliphatic rings. The van der Waals surface area contributed by atoms with Crippen LogP contribution in [-0.4, -0.2) is 24.0 Å². The summed E-state index contributed by atoms with van der Waals surface area (Å²) in [7, 11) is 1.15. The van der Waals surface area contributed by atoms with Crippen molar-refractivity contribution in [2.24, 2.45) is 0 Å². The summed E-state index contributed by atoms with van der Waals surface area (Å²) in [5, 5.41) is 3.44. The minimum Gasteiger partial charge on any atom is -0.463 e. The first-order valence-electron chi connectivity index (χ1n) is 9.00. The van der Waals surface area contributed by atoms with Gasteiger partial charge in [-0.3, -0.25) is 9.69 Å². The first-order valence-corrected chi connectivity index (χ1v) is 9.41. The molecule has 7 heteroatoms. The molecule has 5 nitrogen and oxygen atoms in total. The maximum Gasteiger partial charge on any atom is 0.379 e. The fraction of sp³-hybridized carbons (Fsp3) is 0.227. The van der Waals surface area contributed by atoms with E-state index in [9.17, 15) is 14.0 Å². The first kappa shape index (κ1) is 20.7. The van der Waals surface area contributed by atoms with Gasteiger partial charge >= 0.3 is 5.97 Å². The molecular weight excluding hydrogens is 391 g/mol. The Morgan fingerprint density at radius 3 is 2.34 bits per heavy atom. The monoisotopic (exact) mass is 412 g/mol. The highest BCUT2D eigenvalue weighted by Gasteiger charge is 2.37. The van der Waals surface area contributed by atoms with Crippen LogP contribution in [0.3, 0.4) is 0 Å². The maximum absolute atomic E-state index is 13.8. The number of hydrogen-bond acceptors (Lipinski definition) is 4. The summed E-state index contributed by atoms with van der Waals surface area (Å²) in [6, 6.07) is 11.0. The van der Waals surface area contributed by atoms with Crippen LogP contribution in [0.5, 0.6) is 0 Å². The van der Waals surface area contributed by atoms with Crippen molar-refractivity contribution in [3.05, 3.63) is 76.2 Å². The minimum absolute atomic E-state index is 0.162. The summed E-state index contributed by atoms with van der Waals surface area (Å²) >= 11 is 5.58. The fourth-order valence-corrected chi connectivity index (χ4v) is 3.93. The highest BCUT2D eigenvalue weighted by Crippen LogP contribution is 2.35. The van der Waals surface area contributed by atoms with Gasteiger partial charge in [-0.05, 0) is 73.9 Å². The largest absolute Gasteiger partial charge is 0.463 e. The molecule has 0 saturated carbocycles. The maximum atomic E-state index is 13.8. The van der Waals surface area contributed by atoms with Crippen LogP contribution in [0.25, 0.3) is 0 Å². The molecule has 0 aromatic heterocycles. The summed E-state index contributed by atoms with van der Waals surface area (Å²) in [5.41, 5.74) is 3.97. The number of carbonyl (C=O) groups excluding carboxylic acids is 2. The van der Waals surface area contributed by atoms with Crippen molar-refractivity contribution in [1.29, 1.82) is 0 Å². The molecule has 0 fully saturated rings. The van der Waals surface area contributed by atoms with Gasteiger partial charge in [-0.2, -0.15) is 0 Å². The molecule has 0 unspecified atom stereocenters. The molecule has 0 radical (unpaired) electrons. The molecule has 2 aromatic carbocycles. The number of Topliss-reactive ketones (excluding diaryl/α,β-unsaturated/α-hetero) is 1. The Bertz CT molecular complexity index is 1030. The van der Waals surface area contributed by atoms with Gasteiger partial charge in [0.15, 0.2) is 5.11 Å². The van der Waals surface area contributed by atoms with Gasteiger partial charge in [-0.25, -0.2) is 9.18 Å². The lowest BCUT2D eigenvalue weighted by atomic mass is 9.91. The molecule has 2 aromatic rings. The van der Waals surface area contributed by atoms with Crippen molar-refractivity contribution >= 4 is 34.8 Å². The lowest BCUT2D eigenvalue weighted by Gasteiger charge is -2.38. The predicted octanol–water partition coefficient (Wildman–Crippen LogP) is 3.89. The SMILES string of the molecule is COC(=O)C(=O)C1=C(C)N(c2cc(C)cc(C)c2)C(=S)N[C@H]1c1cccc(F)c1. The van der Waals surface area contributed by atoms with E-state index in [0.29, 0.717) is 16.4 Å². The number of halogens is 1. The zero-order chi connectivity index (χ0) is 21.3. The summed E-state index contributed by atoms with van der Waals surface area (Å²) in [5.74, 6) is -2.24. The highest BCUT2D eigenvalue weighted by molar-refractivity contribution is 7.80. The van der Waals surface area contributed by atoms with E-state index in [2.05, 4.69) is 10.1 Å². The number of methoxy groups -OCH3 is 1. The average Bonchev–Trinajstić information content (AvgIpc) is 2.65. The van der Waals surface area contributed by atoms with Crippen LogP contribution in [0.15, 0.2) is 53.7 Å². The molecule has 150 valence electrons. The number of nitrogens with zero attached hydrogens (tertiary/aromatic N) is 1. The smallest absolute Gasteiger partial charge is 0.379 e. The van der Waals surface area contributed by atoms with Crippen molar-refractivity contribution in [3.63, 3.8) is 0 Å². The summed E-state index contributed by atoms with van der Waals surface area (Å²) in [6.07, 6.45) is 0. The molecule has 3 rings (SSSR count). The number of hydrogen-bond donors (Lipinski definition) is 1. The Morgan fingerprint density at radius 1 is 1.10 bits per heavy atom. The van der Waals surface area contributed by atoms with Crippen LogP contribution in [-0.2, 0) is 14.3 Å². The Balaban J connectivity index is 2.21. The van der Waals surface area contributed by atoms with Crippen LogP contribution < -0.4 is 10.2 Å². The Labute approximate surface area is 174 Å². The fourth-order valence-electron chi connectivity index (χ4n) is 3.57. The summed E-state index contributed by atoms with van der Waals surface area (Å²) in [4.78, 5) is 26.7. The summed E-state index contributed by atoms with van der Waals surface area (Å²) in [6.45, 7) is 5.64. The molecule has 1 heterocycles. The molecule has 0 saturated heterocycles. The van der Waals surface area contributed by atoms with E-state index in [-0.39, 0.29) is 5.57 Å². The molecule has 1 N–H and O–H groups in total. The number of benzene rings is 2. The van der Waals surface area contributed by atoms with Gasteiger partial charge in [0.1, 0.15) is 5.82 Å². The molecule has 1 atom stereocenters. The zero-order valence-electron chi connectivity index (χ0n) is 16.6. The molecule has 1 aliphatic heterocycles. The third-order valence-corrected chi connectivity index (χ3v) is 5.05. The number of esters is 1. The predicted molar refractivity (Wildman–Crippen MR) is 113 cm³/mol. The molecule has 0 spiro atoms. The second kappa shape index (κ2) is 8.13. The summed E-state index contributed by atoms with van der Waals surface area (Å²) < 4.78 is 18.5. The van der Waals surface area contributed by atoms with Gasteiger partial charge in [0.05, 0.1) is 18.7 Å². The van der Waals surface area contributed by atoms with Crippen molar-refractivity contribution in [3.8, 4) is 0 Å². The lowest BCUT2D eigenvalue weighted by Crippen LogP contribution is -2.48. The van der Waals surface area contributed by atoms with Crippen LogP contribution in [0, 0.1) is 19.7 Å². The number of nitrogens with one attached hydrogen (secondary N) is 1. The van der Waals surface area contributed by atoms with Gasteiger partial charge in [0.25, 0.3) is 5.78 Å². The van der Waals surface area contributed by atoms with Crippen LogP contribution >= 0.6 is 12.2 Å². The standard InChI is InChI=1S/C22H21FN2O3S/c1-12-8-13(2)10-17(9-12)25-14(3)18(20(26)21(27)28-4)19(24-22(25)29)15-6-5-7-16(23)11-15/h5-11,19H,1-4H3,(H,24,29)/t19-/m0/s1. The van der Waals surface area contributed by atoms with E-state index in [1.165, 1.54) is 12.1 Å². The van der Waals surface area contributed by atoms with Crippen LogP contribution in [0.2, 0.25) is 0 Å². The number of thiocarbonyl (C=S) groups is 1. The number of ketones is 1. The van der Waals surface area contributed by atoms with Gasteiger partial charge in [-0.1, -0.05) is 18.2 Å². The third-order valence-electron chi connectivity index (χ3n) is 4.75. The van der Waals surface area contributed by atoms with E-state index in [1.54, 1.807) is 24.0 Å². The van der Waals surface area contributed by atoms with E-state index in [4.69, 9.17) is 12.2 Å². The van der Waals surface area contributed by atoms with Gasteiger partial charge in [-0.15, -0.1) is 0 Å². The molecule has 0 aliphatic carbocycles. The van der Waals surface area contributed by atoms with E-state index in [0.717, 1.165) is 23.9 Å². The minimum atomic E-state index is -0.990. The van der Waals surface area contributed by atoms with E-state index < -0.39 is 23.6 Å². The number of rotatable bonds is 4. The quantitative estimate of drug-likeness (QED) is 0.467. The Kier molecular flexibility index (Phi) is 5.79. The number of anilines is 1. The van der Waals surface area contributed by atoms with Crippen molar-refractivity contribution in [1.82, 2.24) is 5.32 Å². The number of allylic oxidation sites excluding steroid dienone is 1. The topological polar surface area (TPSA) is 58.6 Å². The average molecular weight is 412 g/mol.